The molecule has 0 radical (unpaired) electrons. The van der Waals surface area contributed by atoms with E-state index in [1.165, 1.54) is 6.92 Å². The van der Waals surface area contributed by atoms with Gasteiger partial charge in [0.15, 0.2) is 0 Å². The molecule has 0 fully saturated rings. The lowest BCUT2D eigenvalue weighted by molar-refractivity contribution is -0.135. The molecule has 0 atom stereocenters. The van der Waals surface area contributed by atoms with E-state index < -0.39 is 28.4 Å². The van der Waals surface area contributed by atoms with Crippen LogP contribution in [0.25, 0.3) is 0 Å². The molecule has 4 nitrogen and oxygen atoms in total. The van der Waals surface area contributed by atoms with Crippen LogP contribution < -0.4 is 10.5 Å². The summed E-state index contributed by atoms with van der Waals surface area (Å²) in [6.07, 6.45) is -5.77. The summed E-state index contributed by atoms with van der Waals surface area (Å²) in [5.74, 6) is -0.589. The van der Waals surface area contributed by atoms with Crippen LogP contribution in [-0.2, 0) is 16.6 Å². The van der Waals surface area contributed by atoms with Crippen LogP contribution in [0.1, 0.15) is 24.0 Å². The maximum atomic E-state index is 13.6. The third-order valence-electron chi connectivity index (χ3n) is 2.76. The van der Waals surface area contributed by atoms with Gasteiger partial charge in [-0.25, -0.2) is 17.5 Å². The molecule has 3 N–H and O–H groups in total. The van der Waals surface area contributed by atoms with Crippen LogP contribution in [0.4, 0.5) is 17.6 Å². The summed E-state index contributed by atoms with van der Waals surface area (Å²) in [5, 5.41) is 0. The molecule has 1 aromatic carbocycles. The second kappa shape index (κ2) is 6.71. The van der Waals surface area contributed by atoms with E-state index in [2.05, 4.69) is 4.72 Å². The molecule has 0 aliphatic carbocycles. The summed E-state index contributed by atoms with van der Waals surface area (Å²) < 4.78 is 75.4. The first-order chi connectivity index (χ1) is 9.57. The maximum absolute atomic E-state index is 13.6. The molecule has 0 amide bonds. The molecule has 21 heavy (non-hydrogen) atoms. The van der Waals surface area contributed by atoms with Gasteiger partial charge in [-0.15, -0.1) is 0 Å². The van der Waals surface area contributed by atoms with Crippen LogP contribution >= 0.6 is 0 Å². The molecule has 9 heteroatoms. The second-order valence-corrected chi connectivity index (χ2v) is 6.30. The average molecular weight is 328 g/mol. The standard InChI is InChI=1S/C12H16F4N2O2S/c1-8-5-10(6-9(7-17)11(8)13)21(19,20)18-4-2-3-12(14,15)16/h5-6,18H,2-4,7,17H2,1H3. The maximum Gasteiger partial charge on any atom is 0.389 e. The molecule has 0 saturated carbocycles. The third-order valence-corrected chi connectivity index (χ3v) is 4.20. The van der Waals surface area contributed by atoms with E-state index in [9.17, 15) is 26.0 Å². The minimum atomic E-state index is -4.33. The molecule has 0 bridgehead atoms. The molecule has 0 aliphatic rings. The van der Waals surface area contributed by atoms with Crippen molar-refractivity contribution in [3.8, 4) is 0 Å². The minimum Gasteiger partial charge on any atom is -0.326 e. The predicted octanol–water partition coefficient (Wildman–Crippen LogP) is 2.21. The van der Waals surface area contributed by atoms with Gasteiger partial charge in [0.1, 0.15) is 5.82 Å². The number of sulfonamides is 1. The highest BCUT2D eigenvalue weighted by atomic mass is 32.2. The monoisotopic (exact) mass is 328 g/mol. The highest BCUT2D eigenvalue weighted by molar-refractivity contribution is 7.89. The summed E-state index contributed by atoms with van der Waals surface area (Å²) in [6.45, 7) is 0.859. The number of halogens is 4. The Morgan fingerprint density at radius 1 is 1.29 bits per heavy atom. The van der Waals surface area contributed by atoms with Gasteiger partial charge >= 0.3 is 6.18 Å². The molecule has 120 valence electrons. The van der Waals surface area contributed by atoms with E-state index in [-0.39, 0.29) is 35.5 Å². The molecular weight excluding hydrogens is 312 g/mol. The Labute approximate surface area is 120 Å². The Bertz CT molecular complexity index is 600. The fraction of sp³-hybridized carbons (Fsp3) is 0.500. The Kier molecular flexibility index (Phi) is 5.71. The fourth-order valence-corrected chi connectivity index (χ4v) is 2.90. The van der Waals surface area contributed by atoms with Crippen LogP contribution in [-0.4, -0.2) is 21.1 Å². The van der Waals surface area contributed by atoms with Crippen molar-refractivity contribution in [2.24, 2.45) is 5.73 Å². The largest absolute Gasteiger partial charge is 0.389 e. The van der Waals surface area contributed by atoms with E-state index >= 15 is 0 Å². The van der Waals surface area contributed by atoms with Gasteiger partial charge in [0.2, 0.25) is 10.0 Å². The zero-order chi connectivity index (χ0) is 16.3. The summed E-state index contributed by atoms with van der Waals surface area (Å²) in [4.78, 5) is -0.214. The number of nitrogens with two attached hydrogens (primary N) is 1. The number of hydrogen-bond acceptors (Lipinski definition) is 3. The van der Waals surface area contributed by atoms with Crippen molar-refractivity contribution in [3.05, 3.63) is 29.1 Å². The molecule has 1 aromatic rings. The fourth-order valence-electron chi connectivity index (χ4n) is 1.69. The van der Waals surface area contributed by atoms with Gasteiger partial charge in [-0.1, -0.05) is 0 Å². The second-order valence-electron chi connectivity index (χ2n) is 4.53. The minimum absolute atomic E-state index is 0.0330. The van der Waals surface area contributed by atoms with E-state index in [1.54, 1.807) is 0 Å². The Morgan fingerprint density at radius 2 is 1.90 bits per heavy atom. The first-order valence-electron chi connectivity index (χ1n) is 6.12. The lowest BCUT2D eigenvalue weighted by Crippen LogP contribution is -2.26. The zero-order valence-corrected chi connectivity index (χ0v) is 12.1. The summed E-state index contributed by atoms with van der Waals surface area (Å²) in [6, 6.07) is 2.19. The van der Waals surface area contributed by atoms with E-state index in [0.29, 0.717) is 0 Å². The molecule has 0 spiro atoms. The van der Waals surface area contributed by atoms with Crippen molar-refractivity contribution < 1.29 is 26.0 Å². The number of nitrogens with one attached hydrogen (secondary N) is 1. The normalized spacial score (nSPS) is 12.7. The van der Waals surface area contributed by atoms with E-state index in [4.69, 9.17) is 5.73 Å². The van der Waals surface area contributed by atoms with Gasteiger partial charge in [-0.2, -0.15) is 13.2 Å². The van der Waals surface area contributed by atoms with E-state index in [0.717, 1.165) is 12.1 Å². The van der Waals surface area contributed by atoms with Crippen LogP contribution in [0, 0.1) is 12.7 Å². The topological polar surface area (TPSA) is 72.2 Å². The van der Waals surface area contributed by atoms with Gasteiger partial charge in [0.05, 0.1) is 4.90 Å². The summed E-state index contributed by atoms with van der Waals surface area (Å²) >= 11 is 0. The third kappa shape index (κ3) is 5.25. The average Bonchev–Trinajstić information content (AvgIpc) is 2.36. The summed E-state index contributed by atoms with van der Waals surface area (Å²) in [5.41, 5.74) is 5.46. The Morgan fingerprint density at radius 3 is 2.43 bits per heavy atom. The smallest absolute Gasteiger partial charge is 0.326 e. The lowest BCUT2D eigenvalue weighted by atomic mass is 10.1. The molecule has 0 saturated heterocycles. The van der Waals surface area contributed by atoms with Crippen molar-refractivity contribution in [1.82, 2.24) is 4.72 Å². The first-order valence-corrected chi connectivity index (χ1v) is 7.60. The number of benzene rings is 1. The zero-order valence-electron chi connectivity index (χ0n) is 11.3. The van der Waals surface area contributed by atoms with Gasteiger partial charge in [0, 0.05) is 25.1 Å². The number of hydrogen-bond donors (Lipinski definition) is 2. The molecule has 1 rings (SSSR count). The molecule has 0 aromatic heterocycles. The van der Waals surface area contributed by atoms with Crippen LogP contribution in [0.5, 0.6) is 0 Å². The van der Waals surface area contributed by atoms with Gasteiger partial charge in [-0.3, -0.25) is 0 Å². The molecule has 0 unspecified atom stereocenters. The molecule has 0 aliphatic heterocycles. The number of aryl methyl sites for hydroxylation is 1. The molecular formula is C12H16F4N2O2S. The van der Waals surface area contributed by atoms with Crippen LogP contribution in [0.3, 0.4) is 0 Å². The SMILES string of the molecule is Cc1cc(S(=O)(=O)NCCCC(F)(F)F)cc(CN)c1F. The van der Waals surface area contributed by atoms with Gasteiger partial charge in [0.25, 0.3) is 0 Å². The van der Waals surface area contributed by atoms with E-state index in [1.807, 2.05) is 0 Å². The quantitative estimate of drug-likeness (QED) is 0.621. The van der Waals surface area contributed by atoms with Crippen LogP contribution in [0.2, 0.25) is 0 Å². The van der Waals surface area contributed by atoms with Crippen molar-refractivity contribution in [2.75, 3.05) is 6.54 Å². The lowest BCUT2D eigenvalue weighted by Gasteiger charge is -2.11. The van der Waals surface area contributed by atoms with Crippen molar-refractivity contribution in [3.63, 3.8) is 0 Å². The highest BCUT2D eigenvalue weighted by Gasteiger charge is 2.26. The predicted molar refractivity (Wildman–Crippen MR) is 69.5 cm³/mol. The van der Waals surface area contributed by atoms with Crippen molar-refractivity contribution >= 4 is 10.0 Å². The van der Waals surface area contributed by atoms with Crippen LogP contribution in [0.15, 0.2) is 17.0 Å². The summed E-state index contributed by atoms with van der Waals surface area (Å²) in [7, 11) is -3.99. The Balaban J connectivity index is 2.82. The van der Waals surface area contributed by atoms with Crippen molar-refractivity contribution in [2.45, 2.75) is 37.4 Å². The number of rotatable bonds is 6. The van der Waals surface area contributed by atoms with Gasteiger partial charge in [-0.05, 0) is 31.0 Å². The molecule has 0 heterocycles. The van der Waals surface area contributed by atoms with Gasteiger partial charge < -0.3 is 5.73 Å². The van der Waals surface area contributed by atoms with Crippen molar-refractivity contribution in [1.29, 1.82) is 0 Å². The first kappa shape index (κ1) is 17.9. The highest BCUT2D eigenvalue weighted by Crippen LogP contribution is 2.22. The Hall–Kier alpha value is -1.19. The number of alkyl halides is 3.